The lowest BCUT2D eigenvalue weighted by molar-refractivity contribution is 0.661. The van der Waals surface area contributed by atoms with Gasteiger partial charge in [-0.1, -0.05) is 98.8 Å². The van der Waals surface area contributed by atoms with Gasteiger partial charge in [0.05, 0.1) is 5.00 Å². The smallest absolute Gasteiger partial charge is 0.254 e. The van der Waals surface area contributed by atoms with Gasteiger partial charge in [0.25, 0.3) is 6.71 Å². The normalized spacial score (nSPS) is 14.9. The Morgan fingerprint density at radius 2 is 1.16 bits per heavy atom. The molecule has 2 aliphatic heterocycles. The second-order valence-electron chi connectivity index (χ2n) is 12.9. The number of fused-ring (bicyclic) bond motifs is 9. The largest absolute Gasteiger partial charge is 0.311 e. The highest BCUT2D eigenvalue weighted by molar-refractivity contribution is 7.26. The molecule has 1 aliphatic carbocycles. The van der Waals surface area contributed by atoms with Gasteiger partial charge in [-0.3, -0.25) is 0 Å². The maximum absolute atomic E-state index is 2.52. The molecule has 0 N–H and O–H groups in total. The number of thiophene rings is 1. The molecule has 4 heteroatoms. The zero-order chi connectivity index (χ0) is 29.9. The van der Waals surface area contributed by atoms with Crippen molar-refractivity contribution in [2.24, 2.45) is 0 Å². The topological polar surface area (TPSA) is 6.48 Å². The summed E-state index contributed by atoms with van der Waals surface area (Å²) in [5, 5.41) is 2.69. The van der Waals surface area contributed by atoms with Gasteiger partial charge in [-0.05, 0) is 98.6 Å². The Kier molecular flexibility index (Phi) is 5.06. The number of anilines is 6. The second-order valence-corrected chi connectivity index (χ2v) is 14.0. The van der Waals surface area contributed by atoms with Crippen LogP contribution in [0.2, 0.25) is 0 Å². The van der Waals surface area contributed by atoms with E-state index in [9.17, 15) is 0 Å². The van der Waals surface area contributed by atoms with Crippen LogP contribution >= 0.6 is 11.3 Å². The van der Waals surface area contributed by atoms with Crippen LogP contribution in [0.5, 0.6) is 0 Å². The maximum atomic E-state index is 2.52. The van der Waals surface area contributed by atoms with Crippen LogP contribution in [0.25, 0.3) is 21.2 Å². The molecule has 0 fully saturated rings. The standard InChI is InChI=1S/C41H29BN2S/c1-41(2)31-19-10-9-18-28(31)29-24-30-37(25-32(29)41)45-40-38(30)42-33-20-11-12-21-34(33)43(26-14-5-3-6-15-26)35-22-13-23-36(39(35)42)44(40)27-16-7-4-8-17-27/h3-25H,1-2H3. The van der Waals surface area contributed by atoms with Crippen molar-refractivity contribution in [2.75, 3.05) is 9.80 Å². The van der Waals surface area contributed by atoms with E-state index in [2.05, 4.69) is 163 Å². The zero-order valence-electron chi connectivity index (χ0n) is 25.2. The summed E-state index contributed by atoms with van der Waals surface area (Å²) in [6, 6.07) is 51.7. The van der Waals surface area contributed by atoms with Crippen LogP contribution in [0.15, 0.2) is 140 Å². The van der Waals surface area contributed by atoms with E-state index in [-0.39, 0.29) is 12.1 Å². The van der Waals surface area contributed by atoms with Gasteiger partial charge in [-0.25, -0.2) is 0 Å². The van der Waals surface area contributed by atoms with E-state index in [1.54, 1.807) is 0 Å². The number of rotatable bonds is 2. The Hall–Kier alpha value is -5.06. The number of para-hydroxylation sites is 3. The van der Waals surface area contributed by atoms with Gasteiger partial charge in [0, 0.05) is 38.6 Å². The van der Waals surface area contributed by atoms with E-state index in [1.165, 1.54) is 82.2 Å². The predicted octanol–water partition coefficient (Wildman–Crippen LogP) is 9.29. The third-order valence-electron chi connectivity index (χ3n) is 10.3. The average Bonchev–Trinajstić information content (AvgIpc) is 3.56. The van der Waals surface area contributed by atoms with Gasteiger partial charge in [-0.15, -0.1) is 11.3 Å². The van der Waals surface area contributed by atoms with E-state index in [0.717, 1.165) is 0 Å². The number of hydrogen-bond acceptors (Lipinski definition) is 3. The molecule has 0 radical (unpaired) electrons. The molecule has 3 heterocycles. The monoisotopic (exact) mass is 592 g/mol. The van der Waals surface area contributed by atoms with Crippen LogP contribution < -0.4 is 26.2 Å². The molecule has 45 heavy (non-hydrogen) atoms. The van der Waals surface area contributed by atoms with E-state index in [4.69, 9.17) is 0 Å². The minimum atomic E-state index is -0.0342. The molecule has 0 unspecified atom stereocenters. The molecule has 6 aromatic carbocycles. The van der Waals surface area contributed by atoms with Crippen molar-refractivity contribution in [3.05, 3.63) is 151 Å². The molecular formula is C41H29BN2S. The predicted molar refractivity (Wildman–Crippen MR) is 193 cm³/mol. The third-order valence-corrected chi connectivity index (χ3v) is 11.4. The Morgan fingerprint density at radius 1 is 0.533 bits per heavy atom. The SMILES string of the molecule is CC1(C)c2ccccc2-c2cc3c4c(sc3cc21)N(c1ccccc1)c1cccc2c1B4c1ccccc1N2c1ccccc1. The average molecular weight is 593 g/mol. The Morgan fingerprint density at radius 3 is 1.93 bits per heavy atom. The van der Waals surface area contributed by atoms with E-state index in [0.29, 0.717) is 0 Å². The summed E-state index contributed by atoms with van der Waals surface area (Å²) in [6.45, 7) is 4.88. The third kappa shape index (κ3) is 3.30. The molecule has 7 aromatic rings. The van der Waals surface area contributed by atoms with Crippen LogP contribution in [-0.4, -0.2) is 6.71 Å². The van der Waals surface area contributed by atoms with Crippen LogP contribution in [-0.2, 0) is 5.41 Å². The molecule has 3 aliphatic rings. The van der Waals surface area contributed by atoms with Crippen molar-refractivity contribution in [1.82, 2.24) is 0 Å². The van der Waals surface area contributed by atoms with Crippen LogP contribution in [0.1, 0.15) is 25.0 Å². The van der Waals surface area contributed by atoms with Gasteiger partial charge in [0.2, 0.25) is 0 Å². The molecule has 0 amide bonds. The summed E-state index contributed by atoms with van der Waals surface area (Å²) in [5.74, 6) is 0. The molecule has 10 rings (SSSR count). The van der Waals surface area contributed by atoms with Gasteiger partial charge >= 0.3 is 0 Å². The van der Waals surface area contributed by atoms with Crippen molar-refractivity contribution in [1.29, 1.82) is 0 Å². The van der Waals surface area contributed by atoms with Crippen LogP contribution in [0.3, 0.4) is 0 Å². The molecule has 0 bridgehead atoms. The van der Waals surface area contributed by atoms with E-state index < -0.39 is 0 Å². The van der Waals surface area contributed by atoms with Gasteiger partial charge in [0.1, 0.15) is 0 Å². The van der Waals surface area contributed by atoms with Crippen molar-refractivity contribution in [3.8, 4) is 11.1 Å². The first-order chi connectivity index (χ1) is 22.1. The fraction of sp³-hybridized carbons (Fsp3) is 0.0732. The minimum absolute atomic E-state index is 0.0342. The first kappa shape index (κ1) is 25.3. The van der Waals surface area contributed by atoms with Gasteiger partial charge in [0.15, 0.2) is 0 Å². The van der Waals surface area contributed by atoms with Gasteiger partial charge in [-0.2, -0.15) is 0 Å². The van der Waals surface area contributed by atoms with Crippen LogP contribution in [0, 0.1) is 0 Å². The highest BCUT2D eigenvalue weighted by Crippen LogP contribution is 2.53. The number of benzene rings is 6. The second kappa shape index (κ2) is 9.00. The quantitative estimate of drug-likeness (QED) is 0.185. The Labute approximate surface area is 267 Å². The van der Waals surface area contributed by atoms with Crippen molar-refractivity contribution in [2.45, 2.75) is 19.3 Å². The minimum Gasteiger partial charge on any atom is -0.311 e. The summed E-state index contributed by atoms with van der Waals surface area (Å²) >= 11 is 1.94. The molecule has 0 saturated heterocycles. The first-order valence-corrected chi connectivity index (χ1v) is 16.6. The fourth-order valence-electron chi connectivity index (χ4n) is 8.29. The summed E-state index contributed by atoms with van der Waals surface area (Å²) in [5.41, 5.74) is 15.9. The van der Waals surface area contributed by atoms with Crippen molar-refractivity contribution < 1.29 is 0 Å². The number of hydrogen-bond donors (Lipinski definition) is 0. The maximum Gasteiger partial charge on any atom is 0.254 e. The van der Waals surface area contributed by atoms with E-state index >= 15 is 0 Å². The molecule has 212 valence electrons. The van der Waals surface area contributed by atoms with Crippen molar-refractivity contribution in [3.63, 3.8) is 0 Å². The lowest BCUT2D eigenvalue weighted by Gasteiger charge is -2.43. The summed E-state index contributed by atoms with van der Waals surface area (Å²) < 4.78 is 1.36. The first-order valence-electron chi connectivity index (χ1n) is 15.7. The Bertz CT molecular complexity index is 2320. The molecule has 0 spiro atoms. The lowest BCUT2D eigenvalue weighted by atomic mass is 9.33. The molecule has 1 aromatic heterocycles. The van der Waals surface area contributed by atoms with Gasteiger partial charge < -0.3 is 9.80 Å². The lowest BCUT2D eigenvalue weighted by Crippen LogP contribution is -2.61. The van der Waals surface area contributed by atoms with Crippen molar-refractivity contribution >= 4 is 78.0 Å². The van der Waals surface area contributed by atoms with E-state index in [1.807, 2.05) is 11.3 Å². The highest BCUT2D eigenvalue weighted by atomic mass is 32.1. The summed E-state index contributed by atoms with van der Waals surface area (Å²) in [6.07, 6.45) is 0. The summed E-state index contributed by atoms with van der Waals surface area (Å²) in [7, 11) is 0. The highest BCUT2D eigenvalue weighted by Gasteiger charge is 2.45. The molecular weight excluding hydrogens is 563 g/mol. The fourth-order valence-corrected chi connectivity index (χ4v) is 9.58. The molecule has 2 nitrogen and oxygen atoms in total. The van der Waals surface area contributed by atoms with Crippen LogP contribution in [0.4, 0.5) is 33.4 Å². The molecule has 0 saturated carbocycles. The molecule has 0 atom stereocenters. The number of nitrogens with zero attached hydrogens (tertiary/aromatic N) is 2. The summed E-state index contributed by atoms with van der Waals surface area (Å²) in [4.78, 5) is 4.99. The Balaban J connectivity index is 1.33. The zero-order valence-corrected chi connectivity index (χ0v) is 26.0.